The standard InChI is InChI=1S/C23H32N2O4/c1-6-19-8-10-20(11-9-19)23(27)25(17(2)3)16-22(26)24(13-14-28-5)15-21-12-7-18(4)29-21/h7-12,17H,6,13-16H2,1-5H3. The Morgan fingerprint density at radius 2 is 1.79 bits per heavy atom. The Morgan fingerprint density at radius 1 is 1.10 bits per heavy atom. The predicted octanol–water partition coefficient (Wildman–Crippen LogP) is 3.68. The molecule has 2 amide bonds. The van der Waals surface area contributed by atoms with Gasteiger partial charge in [0.2, 0.25) is 5.91 Å². The first-order valence-corrected chi connectivity index (χ1v) is 10.1. The molecule has 6 heteroatoms. The minimum absolute atomic E-state index is 0.00936. The lowest BCUT2D eigenvalue weighted by molar-refractivity contribution is -0.133. The molecule has 0 radical (unpaired) electrons. The highest BCUT2D eigenvalue weighted by Crippen LogP contribution is 2.14. The van der Waals surface area contributed by atoms with Crippen LogP contribution in [0.1, 0.15) is 48.2 Å². The van der Waals surface area contributed by atoms with Gasteiger partial charge in [-0.2, -0.15) is 0 Å². The zero-order valence-corrected chi connectivity index (χ0v) is 18.1. The summed E-state index contributed by atoms with van der Waals surface area (Å²) in [6.45, 7) is 8.98. The number of furan rings is 1. The van der Waals surface area contributed by atoms with E-state index in [1.54, 1.807) is 16.9 Å². The van der Waals surface area contributed by atoms with Crippen LogP contribution < -0.4 is 0 Å². The van der Waals surface area contributed by atoms with Crippen LogP contribution in [0.4, 0.5) is 0 Å². The Kier molecular flexibility index (Phi) is 8.46. The third-order valence-corrected chi connectivity index (χ3v) is 4.86. The molecule has 0 unspecified atom stereocenters. The van der Waals surface area contributed by atoms with Gasteiger partial charge in [-0.1, -0.05) is 19.1 Å². The first-order valence-electron chi connectivity index (χ1n) is 10.1. The predicted molar refractivity (Wildman–Crippen MR) is 113 cm³/mol. The number of aryl methyl sites for hydroxylation is 2. The van der Waals surface area contributed by atoms with Crippen LogP contribution in [0.5, 0.6) is 0 Å². The number of hydrogen-bond acceptors (Lipinski definition) is 4. The fourth-order valence-corrected chi connectivity index (χ4v) is 3.04. The average Bonchev–Trinajstić information content (AvgIpc) is 3.13. The van der Waals surface area contributed by atoms with E-state index in [1.807, 2.05) is 57.2 Å². The van der Waals surface area contributed by atoms with Crippen molar-refractivity contribution in [2.24, 2.45) is 0 Å². The van der Waals surface area contributed by atoms with Gasteiger partial charge >= 0.3 is 0 Å². The van der Waals surface area contributed by atoms with Gasteiger partial charge in [0.05, 0.1) is 13.2 Å². The maximum absolute atomic E-state index is 13.0. The summed E-state index contributed by atoms with van der Waals surface area (Å²) in [5.41, 5.74) is 1.77. The molecule has 0 N–H and O–H groups in total. The highest BCUT2D eigenvalue weighted by atomic mass is 16.5. The molecule has 0 aliphatic heterocycles. The van der Waals surface area contributed by atoms with Gasteiger partial charge in [-0.3, -0.25) is 9.59 Å². The molecule has 0 spiro atoms. The minimum Gasteiger partial charge on any atom is -0.464 e. The number of amides is 2. The number of nitrogens with zero attached hydrogens (tertiary/aromatic N) is 2. The number of hydrogen-bond donors (Lipinski definition) is 0. The van der Waals surface area contributed by atoms with Crippen LogP contribution in [0.3, 0.4) is 0 Å². The van der Waals surface area contributed by atoms with E-state index in [0.29, 0.717) is 31.0 Å². The summed E-state index contributed by atoms with van der Waals surface area (Å²) >= 11 is 0. The number of methoxy groups -OCH3 is 1. The lowest BCUT2D eigenvalue weighted by Crippen LogP contribution is -2.46. The van der Waals surface area contributed by atoms with Gasteiger partial charge in [0, 0.05) is 25.3 Å². The Balaban J connectivity index is 2.14. The molecule has 1 aromatic heterocycles. The zero-order chi connectivity index (χ0) is 21.4. The third-order valence-electron chi connectivity index (χ3n) is 4.86. The molecule has 2 aromatic rings. The number of ether oxygens (including phenoxy) is 1. The second kappa shape index (κ2) is 10.8. The fourth-order valence-electron chi connectivity index (χ4n) is 3.04. The number of carbonyl (C=O) groups excluding carboxylic acids is 2. The van der Waals surface area contributed by atoms with Gasteiger partial charge in [0.25, 0.3) is 5.91 Å². The quantitative estimate of drug-likeness (QED) is 0.610. The number of benzene rings is 1. The normalized spacial score (nSPS) is 11.0. The van der Waals surface area contributed by atoms with Gasteiger partial charge < -0.3 is 19.0 Å². The van der Waals surface area contributed by atoms with E-state index in [-0.39, 0.29) is 24.4 Å². The maximum Gasteiger partial charge on any atom is 0.254 e. The Morgan fingerprint density at radius 3 is 2.31 bits per heavy atom. The highest BCUT2D eigenvalue weighted by molar-refractivity contribution is 5.96. The van der Waals surface area contributed by atoms with E-state index in [1.165, 1.54) is 5.56 Å². The first kappa shape index (κ1) is 22.7. The molecule has 0 aliphatic rings. The summed E-state index contributed by atoms with van der Waals surface area (Å²) in [6, 6.07) is 11.2. The molecule has 0 fully saturated rings. The van der Waals surface area contributed by atoms with Crippen molar-refractivity contribution >= 4 is 11.8 Å². The third kappa shape index (κ3) is 6.46. The zero-order valence-electron chi connectivity index (χ0n) is 18.1. The van der Waals surface area contributed by atoms with Crippen LogP contribution in [0.15, 0.2) is 40.8 Å². The molecule has 0 aliphatic carbocycles. The van der Waals surface area contributed by atoms with Crippen LogP contribution >= 0.6 is 0 Å². The Bertz CT molecular complexity index is 795. The van der Waals surface area contributed by atoms with Crippen molar-refractivity contribution in [3.8, 4) is 0 Å². The molecule has 0 atom stereocenters. The highest BCUT2D eigenvalue weighted by Gasteiger charge is 2.25. The summed E-state index contributed by atoms with van der Waals surface area (Å²) < 4.78 is 10.8. The second-order valence-corrected chi connectivity index (χ2v) is 7.40. The monoisotopic (exact) mass is 400 g/mol. The van der Waals surface area contributed by atoms with Gasteiger partial charge in [-0.15, -0.1) is 0 Å². The Labute approximate surface area is 173 Å². The van der Waals surface area contributed by atoms with Crippen LogP contribution in [0, 0.1) is 6.92 Å². The topological polar surface area (TPSA) is 63.0 Å². The number of rotatable bonds is 10. The van der Waals surface area contributed by atoms with Crippen molar-refractivity contribution < 1.29 is 18.7 Å². The molecule has 0 saturated carbocycles. The van der Waals surface area contributed by atoms with E-state index < -0.39 is 0 Å². The Hall–Kier alpha value is -2.60. The summed E-state index contributed by atoms with van der Waals surface area (Å²) in [7, 11) is 1.60. The molecular weight excluding hydrogens is 368 g/mol. The summed E-state index contributed by atoms with van der Waals surface area (Å²) in [5, 5.41) is 0. The number of carbonyl (C=O) groups is 2. The lowest BCUT2D eigenvalue weighted by Gasteiger charge is -2.30. The summed E-state index contributed by atoms with van der Waals surface area (Å²) in [5.74, 6) is 1.23. The molecular formula is C23H32N2O4. The fraction of sp³-hybridized carbons (Fsp3) is 0.478. The first-order chi connectivity index (χ1) is 13.8. The molecule has 2 rings (SSSR count). The van der Waals surface area contributed by atoms with Crippen LogP contribution in [0.2, 0.25) is 0 Å². The van der Waals surface area contributed by atoms with Crippen LogP contribution in [-0.4, -0.2) is 54.5 Å². The van der Waals surface area contributed by atoms with E-state index in [4.69, 9.17) is 9.15 Å². The second-order valence-electron chi connectivity index (χ2n) is 7.40. The lowest BCUT2D eigenvalue weighted by atomic mass is 10.1. The molecule has 0 bridgehead atoms. The summed E-state index contributed by atoms with van der Waals surface area (Å²) in [4.78, 5) is 29.4. The minimum atomic E-state index is -0.142. The maximum atomic E-state index is 13.0. The molecule has 29 heavy (non-hydrogen) atoms. The largest absolute Gasteiger partial charge is 0.464 e. The van der Waals surface area contributed by atoms with Gasteiger partial charge in [0.1, 0.15) is 18.1 Å². The average molecular weight is 401 g/mol. The van der Waals surface area contributed by atoms with Crippen molar-refractivity contribution in [1.29, 1.82) is 0 Å². The van der Waals surface area contributed by atoms with Gasteiger partial charge in [-0.05, 0) is 57.0 Å². The van der Waals surface area contributed by atoms with Crippen molar-refractivity contribution in [3.05, 3.63) is 59.0 Å². The van der Waals surface area contributed by atoms with Crippen molar-refractivity contribution in [2.45, 2.75) is 46.7 Å². The van der Waals surface area contributed by atoms with E-state index in [2.05, 4.69) is 6.92 Å². The summed E-state index contributed by atoms with van der Waals surface area (Å²) in [6.07, 6.45) is 0.918. The van der Waals surface area contributed by atoms with E-state index in [0.717, 1.165) is 12.2 Å². The van der Waals surface area contributed by atoms with Crippen molar-refractivity contribution in [2.75, 3.05) is 26.8 Å². The van der Waals surface area contributed by atoms with Crippen LogP contribution in [-0.2, 0) is 22.5 Å². The smallest absolute Gasteiger partial charge is 0.254 e. The molecule has 0 saturated heterocycles. The van der Waals surface area contributed by atoms with E-state index in [9.17, 15) is 9.59 Å². The molecule has 158 valence electrons. The van der Waals surface area contributed by atoms with Crippen molar-refractivity contribution in [3.63, 3.8) is 0 Å². The molecule has 6 nitrogen and oxygen atoms in total. The molecule has 1 heterocycles. The molecule has 1 aromatic carbocycles. The van der Waals surface area contributed by atoms with Crippen LogP contribution in [0.25, 0.3) is 0 Å². The van der Waals surface area contributed by atoms with E-state index >= 15 is 0 Å². The van der Waals surface area contributed by atoms with Crippen molar-refractivity contribution in [1.82, 2.24) is 9.80 Å². The SMILES string of the molecule is CCc1ccc(C(=O)N(CC(=O)N(CCOC)Cc2ccc(C)o2)C(C)C)cc1. The van der Waals surface area contributed by atoms with Gasteiger partial charge in [-0.25, -0.2) is 0 Å². The van der Waals surface area contributed by atoms with Gasteiger partial charge in [0.15, 0.2) is 0 Å².